The van der Waals surface area contributed by atoms with Crippen molar-refractivity contribution < 1.29 is 13.2 Å². The summed E-state index contributed by atoms with van der Waals surface area (Å²) in [6.07, 6.45) is 5.29. The van der Waals surface area contributed by atoms with Crippen LogP contribution in [0.1, 0.15) is 35.3 Å². The molecule has 0 aliphatic carbocycles. The molecule has 6 nitrogen and oxygen atoms in total. The summed E-state index contributed by atoms with van der Waals surface area (Å²) in [6.45, 7) is 2.33. The summed E-state index contributed by atoms with van der Waals surface area (Å²) in [5.41, 5.74) is 1.07. The zero-order valence-corrected chi connectivity index (χ0v) is 12.6. The van der Waals surface area contributed by atoms with Crippen molar-refractivity contribution in [1.29, 1.82) is 0 Å². The highest BCUT2D eigenvalue weighted by atomic mass is 32.2. The Balaban J connectivity index is 2.24. The second kappa shape index (κ2) is 5.87. The van der Waals surface area contributed by atoms with E-state index in [-0.39, 0.29) is 17.7 Å². The van der Waals surface area contributed by atoms with Gasteiger partial charge in [0.25, 0.3) is 5.91 Å². The lowest BCUT2D eigenvalue weighted by Gasteiger charge is -2.35. The van der Waals surface area contributed by atoms with Gasteiger partial charge in [-0.3, -0.25) is 4.79 Å². The fourth-order valence-electron chi connectivity index (χ4n) is 2.57. The van der Waals surface area contributed by atoms with Crippen molar-refractivity contribution in [2.45, 2.75) is 32.2 Å². The number of sulfone groups is 1. The van der Waals surface area contributed by atoms with Crippen molar-refractivity contribution >= 4 is 15.7 Å². The third-order valence-electron chi connectivity index (χ3n) is 3.52. The molecule has 1 aliphatic heterocycles. The minimum atomic E-state index is -3.10. The lowest BCUT2D eigenvalue weighted by molar-refractivity contribution is 0.0637. The minimum Gasteiger partial charge on any atom is -0.335 e. The molecule has 1 unspecified atom stereocenters. The molecular weight excluding hydrogens is 278 g/mol. The van der Waals surface area contributed by atoms with Gasteiger partial charge in [-0.2, -0.15) is 10.2 Å². The summed E-state index contributed by atoms with van der Waals surface area (Å²) in [4.78, 5) is 14.3. The van der Waals surface area contributed by atoms with Crippen molar-refractivity contribution in [3.8, 4) is 0 Å². The van der Waals surface area contributed by atoms with Crippen molar-refractivity contribution in [1.82, 2.24) is 15.1 Å². The van der Waals surface area contributed by atoms with Crippen LogP contribution in [-0.4, -0.2) is 54.0 Å². The van der Waals surface area contributed by atoms with E-state index < -0.39 is 9.84 Å². The smallest absolute Gasteiger partial charge is 0.256 e. The Morgan fingerprint density at radius 2 is 2.20 bits per heavy atom. The Labute approximate surface area is 119 Å². The Morgan fingerprint density at radius 1 is 1.45 bits per heavy atom. The van der Waals surface area contributed by atoms with Gasteiger partial charge in [0.05, 0.1) is 23.2 Å². The van der Waals surface area contributed by atoms with Crippen LogP contribution in [-0.2, 0) is 9.84 Å². The van der Waals surface area contributed by atoms with Gasteiger partial charge < -0.3 is 4.90 Å². The molecule has 1 saturated heterocycles. The highest BCUT2D eigenvalue weighted by Gasteiger charge is 2.30. The van der Waals surface area contributed by atoms with Crippen molar-refractivity contribution in [3.63, 3.8) is 0 Å². The molecule has 7 heteroatoms. The number of rotatable bonds is 3. The third-order valence-corrected chi connectivity index (χ3v) is 4.51. The molecule has 0 spiro atoms. The largest absolute Gasteiger partial charge is 0.335 e. The number of aromatic nitrogens is 2. The first-order valence-electron chi connectivity index (χ1n) is 6.65. The predicted molar refractivity (Wildman–Crippen MR) is 75.2 cm³/mol. The number of carbonyl (C=O) groups excluding carboxylic acids is 1. The predicted octanol–water partition coefficient (Wildman–Crippen LogP) is 0.824. The molecular formula is C13H19N3O3S. The second-order valence-corrected chi connectivity index (χ2v) is 7.46. The van der Waals surface area contributed by atoms with Gasteiger partial charge in [0.2, 0.25) is 0 Å². The molecule has 0 N–H and O–H groups in total. The maximum atomic E-state index is 12.6. The van der Waals surface area contributed by atoms with Crippen LogP contribution in [0.3, 0.4) is 0 Å². The summed E-state index contributed by atoms with van der Waals surface area (Å²) in [5.74, 6) is -0.123. The average Bonchev–Trinajstić information content (AvgIpc) is 2.37. The van der Waals surface area contributed by atoms with Crippen LogP contribution in [0.15, 0.2) is 12.3 Å². The molecule has 1 amide bonds. The normalized spacial score (nSPS) is 19.9. The lowest BCUT2D eigenvalue weighted by atomic mass is 10.0. The molecule has 20 heavy (non-hydrogen) atoms. The monoisotopic (exact) mass is 297 g/mol. The van der Waals surface area contributed by atoms with Gasteiger partial charge in [-0.15, -0.1) is 0 Å². The first kappa shape index (κ1) is 14.9. The molecule has 2 heterocycles. The summed E-state index contributed by atoms with van der Waals surface area (Å²) >= 11 is 0. The van der Waals surface area contributed by atoms with Gasteiger partial charge in [-0.05, 0) is 32.3 Å². The Bertz CT molecular complexity index is 601. The van der Waals surface area contributed by atoms with Crippen LogP contribution in [0, 0.1) is 6.92 Å². The molecule has 0 radical (unpaired) electrons. The summed E-state index contributed by atoms with van der Waals surface area (Å²) in [7, 11) is -3.10. The molecule has 1 atom stereocenters. The van der Waals surface area contributed by atoms with Crippen LogP contribution in [0.2, 0.25) is 0 Å². The van der Waals surface area contributed by atoms with Crippen LogP contribution in [0.5, 0.6) is 0 Å². The van der Waals surface area contributed by atoms with Gasteiger partial charge >= 0.3 is 0 Å². The van der Waals surface area contributed by atoms with E-state index in [0.717, 1.165) is 19.3 Å². The van der Waals surface area contributed by atoms with E-state index in [1.54, 1.807) is 17.9 Å². The fraction of sp³-hybridized carbons (Fsp3) is 0.615. The average molecular weight is 297 g/mol. The van der Waals surface area contributed by atoms with Gasteiger partial charge in [0, 0.05) is 18.8 Å². The number of carbonyl (C=O) groups is 1. The number of aryl methyl sites for hydroxylation is 1. The Kier molecular flexibility index (Phi) is 4.37. The van der Waals surface area contributed by atoms with E-state index in [2.05, 4.69) is 10.2 Å². The zero-order chi connectivity index (χ0) is 14.8. The molecule has 1 aliphatic rings. The van der Waals surface area contributed by atoms with Crippen LogP contribution in [0.25, 0.3) is 0 Å². The zero-order valence-electron chi connectivity index (χ0n) is 11.7. The Morgan fingerprint density at radius 3 is 2.85 bits per heavy atom. The van der Waals surface area contributed by atoms with E-state index in [4.69, 9.17) is 0 Å². The summed E-state index contributed by atoms with van der Waals surface area (Å²) in [6, 6.07) is 1.40. The maximum absolute atomic E-state index is 12.6. The van der Waals surface area contributed by atoms with Crippen molar-refractivity contribution in [2.24, 2.45) is 0 Å². The number of amides is 1. The SMILES string of the molecule is Cc1nnccc1C(=O)N1CCCCC1CS(C)(=O)=O. The summed E-state index contributed by atoms with van der Waals surface area (Å²) < 4.78 is 23.0. The van der Waals surface area contributed by atoms with Crippen LogP contribution < -0.4 is 0 Å². The molecule has 2 rings (SSSR count). The third kappa shape index (κ3) is 3.53. The molecule has 0 aromatic carbocycles. The lowest BCUT2D eigenvalue weighted by Crippen LogP contribution is -2.47. The highest BCUT2D eigenvalue weighted by Crippen LogP contribution is 2.21. The first-order valence-corrected chi connectivity index (χ1v) is 8.71. The van der Waals surface area contributed by atoms with E-state index in [9.17, 15) is 13.2 Å². The molecule has 0 bridgehead atoms. The van der Waals surface area contributed by atoms with Gasteiger partial charge in [0.1, 0.15) is 9.84 Å². The van der Waals surface area contributed by atoms with Crippen molar-refractivity contribution in [3.05, 3.63) is 23.5 Å². The van der Waals surface area contributed by atoms with Crippen LogP contribution in [0.4, 0.5) is 0 Å². The number of likely N-dealkylation sites (tertiary alicyclic amines) is 1. The molecule has 1 aromatic heterocycles. The maximum Gasteiger partial charge on any atom is 0.256 e. The number of piperidine rings is 1. The second-order valence-electron chi connectivity index (χ2n) is 5.27. The minimum absolute atomic E-state index is 0.0241. The topological polar surface area (TPSA) is 80.2 Å². The van der Waals surface area contributed by atoms with Gasteiger partial charge in [-0.1, -0.05) is 0 Å². The van der Waals surface area contributed by atoms with Gasteiger partial charge in [0.15, 0.2) is 0 Å². The summed E-state index contributed by atoms with van der Waals surface area (Å²) in [5, 5.41) is 7.61. The highest BCUT2D eigenvalue weighted by molar-refractivity contribution is 7.90. The first-order chi connectivity index (χ1) is 9.38. The van der Waals surface area contributed by atoms with E-state index in [1.807, 2.05) is 0 Å². The molecule has 110 valence electrons. The van der Waals surface area contributed by atoms with E-state index >= 15 is 0 Å². The standard InChI is InChI=1S/C13H19N3O3S/c1-10-12(6-7-14-15-10)13(17)16-8-4-3-5-11(16)9-20(2,18)19/h6-7,11H,3-5,8-9H2,1-2H3. The number of hydrogen-bond donors (Lipinski definition) is 0. The number of nitrogens with zero attached hydrogens (tertiary/aromatic N) is 3. The van der Waals surface area contributed by atoms with Gasteiger partial charge in [-0.25, -0.2) is 8.42 Å². The quantitative estimate of drug-likeness (QED) is 0.825. The number of hydrogen-bond acceptors (Lipinski definition) is 5. The molecule has 1 aromatic rings. The van der Waals surface area contributed by atoms with Crippen molar-refractivity contribution in [2.75, 3.05) is 18.6 Å². The Hall–Kier alpha value is -1.50. The van der Waals surface area contributed by atoms with Crippen LogP contribution >= 0.6 is 0 Å². The van der Waals surface area contributed by atoms with E-state index in [1.165, 1.54) is 12.5 Å². The molecule has 1 fully saturated rings. The molecule has 0 saturated carbocycles. The van der Waals surface area contributed by atoms with E-state index in [0.29, 0.717) is 17.8 Å². The fourth-order valence-corrected chi connectivity index (χ4v) is 3.62.